The Labute approximate surface area is 60.1 Å². The van der Waals surface area contributed by atoms with Gasteiger partial charge in [-0.05, 0) is 13.8 Å². The van der Waals surface area contributed by atoms with Gasteiger partial charge in [0.05, 0.1) is 6.07 Å². The van der Waals surface area contributed by atoms with Crippen LogP contribution in [0.25, 0.3) is 0 Å². The van der Waals surface area contributed by atoms with Crippen LogP contribution < -0.4 is 0 Å². The van der Waals surface area contributed by atoms with E-state index in [0.29, 0.717) is 0 Å². The van der Waals surface area contributed by atoms with Gasteiger partial charge in [0.15, 0.2) is 0 Å². The number of nitriles is 1. The molecule has 0 rings (SSSR count). The zero-order valence-electron chi connectivity index (χ0n) is 5.19. The smallest absolute Gasteiger partial charge is 0.126 e. The summed E-state index contributed by atoms with van der Waals surface area (Å²) in [4.78, 5) is 9.44. The molecule has 0 aliphatic carbocycles. The third-order valence-corrected chi connectivity index (χ3v) is 0. The summed E-state index contributed by atoms with van der Waals surface area (Å²) in [7, 11) is 0. The number of ketones is 1. The van der Waals surface area contributed by atoms with Gasteiger partial charge in [-0.25, -0.2) is 0 Å². The van der Waals surface area contributed by atoms with E-state index in [1.54, 1.807) is 6.07 Å². The van der Waals surface area contributed by atoms with Gasteiger partial charge in [-0.3, -0.25) is 0 Å². The Morgan fingerprint density at radius 2 is 1.50 bits per heavy atom. The Balaban J connectivity index is -0.0000000575. The minimum Gasteiger partial charge on any atom is -0.300 e. The normalized spacial score (nSPS) is 4.25. The maximum atomic E-state index is 9.44. The van der Waals surface area contributed by atoms with E-state index in [2.05, 4.69) is 0 Å². The molecule has 0 bridgehead atoms. The largest absolute Gasteiger partial charge is 0.300 e. The fraction of sp³-hybridized carbons (Fsp3) is 0.600. The van der Waals surface area contributed by atoms with Gasteiger partial charge in [-0.2, -0.15) is 5.26 Å². The van der Waals surface area contributed by atoms with Crippen LogP contribution in [0.5, 0.6) is 0 Å². The molecule has 3 heteroatoms. The zero-order valence-corrected chi connectivity index (χ0v) is 6.23. The first-order valence-corrected chi connectivity index (χ1v) is 1.93. The summed E-state index contributed by atoms with van der Waals surface area (Å²) in [5.41, 5.74) is 0. The van der Waals surface area contributed by atoms with E-state index in [1.807, 2.05) is 0 Å². The van der Waals surface area contributed by atoms with Crippen molar-refractivity contribution in [1.29, 1.82) is 5.26 Å². The molecule has 8 heavy (non-hydrogen) atoms. The van der Waals surface area contributed by atoms with E-state index in [4.69, 9.17) is 5.26 Å². The van der Waals surface area contributed by atoms with Gasteiger partial charge in [-0.15, -0.1) is 0 Å². The Morgan fingerprint density at radius 1 is 1.50 bits per heavy atom. The molecule has 0 spiro atoms. The number of nitrogens with zero attached hydrogens (tertiary/aromatic N) is 1. The third kappa shape index (κ3) is 1110. The van der Waals surface area contributed by atoms with Crippen molar-refractivity contribution >= 4 is 5.78 Å². The van der Waals surface area contributed by atoms with Crippen molar-refractivity contribution in [1.82, 2.24) is 0 Å². The first-order valence-electron chi connectivity index (χ1n) is 1.93. The van der Waals surface area contributed by atoms with Crippen molar-refractivity contribution in [2.24, 2.45) is 0 Å². The van der Waals surface area contributed by atoms with Gasteiger partial charge in [0.25, 0.3) is 0 Å². The van der Waals surface area contributed by atoms with E-state index in [-0.39, 0.29) is 22.6 Å². The van der Waals surface area contributed by atoms with Crippen molar-refractivity contribution in [3.8, 4) is 6.07 Å². The monoisotopic (exact) mass is 158 g/mol. The summed E-state index contributed by atoms with van der Waals surface area (Å²) in [6.45, 7) is 4.49. The van der Waals surface area contributed by atoms with Crippen molar-refractivity contribution in [3.63, 3.8) is 0 Å². The second-order valence-electron chi connectivity index (χ2n) is 1.13. The van der Waals surface area contributed by atoms with E-state index >= 15 is 0 Å². The number of rotatable bonds is 0. The average molecular weight is 158 g/mol. The van der Waals surface area contributed by atoms with E-state index < -0.39 is 0 Å². The van der Waals surface area contributed by atoms with Crippen molar-refractivity contribution in [3.05, 3.63) is 0 Å². The van der Waals surface area contributed by atoms with Gasteiger partial charge in [-0.1, -0.05) is 0 Å². The Morgan fingerprint density at radius 3 is 1.50 bits per heavy atom. The van der Waals surface area contributed by atoms with Gasteiger partial charge < -0.3 is 4.79 Å². The standard InChI is InChI=1S/C3H6O.C2H3N.Co/c1-3(2)4;1-2-3;/h1-2H3;1H3;. The van der Waals surface area contributed by atoms with Gasteiger partial charge in [0, 0.05) is 23.7 Å². The summed E-state index contributed by atoms with van der Waals surface area (Å²) in [6, 6.07) is 1.75. The predicted molar refractivity (Wildman–Crippen MR) is 27.6 cm³/mol. The summed E-state index contributed by atoms with van der Waals surface area (Å²) < 4.78 is 0. The predicted octanol–water partition coefficient (Wildman–Crippen LogP) is 1.12. The molecule has 0 aromatic heterocycles. The molecule has 0 aliphatic rings. The van der Waals surface area contributed by atoms with E-state index in [9.17, 15) is 4.79 Å². The molecule has 1 radical (unpaired) electrons. The molecule has 0 fully saturated rings. The molecule has 0 atom stereocenters. The molecule has 0 aromatic carbocycles. The van der Waals surface area contributed by atoms with Crippen LogP contribution in [-0.2, 0) is 21.6 Å². The van der Waals surface area contributed by atoms with Crippen LogP contribution in [0.1, 0.15) is 20.8 Å². The minimum absolute atomic E-state index is 0. The van der Waals surface area contributed by atoms with Crippen LogP contribution in [-0.4, -0.2) is 5.78 Å². The van der Waals surface area contributed by atoms with Crippen molar-refractivity contribution < 1.29 is 21.6 Å². The van der Waals surface area contributed by atoms with Gasteiger partial charge >= 0.3 is 0 Å². The topological polar surface area (TPSA) is 40.9 Å². The minimum atomic E-state index is 0. The van der Waals surface area contributed by atoms with E-state index in [1.165, 1.54) is 20.8 Å². The van der Waals surface area contributed by atoms with Gasteiger partial charge in [0.1, 0.15) is 5.78 Å². The van der Waals surface area contributed by atoms with Gasteiger partial charge in [0.2, 0.25) is 0 Å². The summed E-state index contributed by atoms with van der Waals surface area (Å²) in [5, 5.41) is 7.32. The number of hydrogen-bond donors (Lipinski definition) is 0. The molecule has 0 saturated carbocycles. The molecule has 0 aromatic rings. The van der Waals surface area contributed by atoms with Crippen LogP contribution in [0.2, 0.25) is 0 Å². The molecule has 2 nitrogen and oxygen atoms in total. The molecule has 0 N–H and O–H groups in total. The van der Waals surface area contributed by atoms with E-state index in [0.717, 1.165) is 0 Å². The summed E-state index contributed by atoms with van der Waals surface area (Å²) in [6.07, 6.45) is 0. The second-order valence-corrected chi connectivity index (χ2v) is 1.13. The van der Waals surface area contributed by atoms with Crippen LogP contribution in [0.4, 0.5) is 0 Å². The fourth-order valence-corrected chi connectivity index (χ4v) is 0. The molecule has 0 aliphatic heterocycles. The summed E-state index contributed by atoms with van der Waals surface area (Å²) in [5.74, 6) is 0.167. The fourth-order valence-electron chi connectivity index (χ4n) is 0. The number of Topliss-reactive ketones (excluding diaryl/α,β-unsaturated/α-hetero) is 1. The first-order chi connectivity index (χ1) is 3.15. The number of carbonyl (C=O) groups is 1. The maximum absolute atomic E-state index is 9.44. The quantitative estimate of drug-likeness (QED) is 0.530. The molecular weight excluding hydrogens is 149 g/mol. The van der Waals surface area contributed by atoms with Crippen LogP contribution >= 0.6 is 0 Å². The molecule has 49 valence electrons. The Bertz CT molecular complexity index is 80.9. The molecule has 0 heterocycles. The number of hydrogen-bond acceptors (Lipinski definition) is 2. The van der Waals surface area contributed by atoms with Crippen molar-refractivity contribution in [2.45, 2.75) is 20.8 Å². The number of carbonyl (C=O) groups excluding carboxylic acids is 1. The molecule has 0 amide bonds. The zero-order chi connectivity index (χ0) is 6.28. The Hall–Kier alpha value is -0.334. The molecule has 0 saturated heterocycles. The van der Waals surface area contributed by atoms with Crippen molar-refractivity contribution in [2.75, 3.05) is 0 Å². The van der Waals surface area contributed by atoms with Crippen LogP contribution in [0.3, 0.4) is 0 Å². The second kappa shape index (κ2) is 15.9. The summed E-state index contributed by atoms with van der Waals surface area (Å²) >= 11 is 0. The SMILES string of the molecule is CC#N.CC(C)=O.[Co]. The van der Waals surface area contributed by atoms with Crippen LogP contribution in [0.15, 0.2) is 0 Å². The average Bonchev–Trinajstić information content (AvgIpc) is 1.33. The third-order valence-electron chi connectivity index (χ3n) is 0. The maximum Gasteiger partial charge on any atom is 0.126 e. The molecule has 0 unspecified atom stereocenters. The first kappa shape index (κ1) is 15.6. The molecular formula is C5H9CoNO. The Kier molecular flexibility index (Phi) is 31.1. The van der Waals surface area contributed by atoms with Crippen LogP contribution in [0, 0.1) is 11.3 Å².